The van der Waals surface area contributed by atoms with E-state index in [1.165, 1.54) is 37.3 Å². The molecule has 2 atom stereocenters. The number of rotatable bonds is 14. The molecule has 1 heterocycles. The van der Waals surface area contributed by atoms with E-state index in [-0.39, 0.29) is 18.2 Å². The van der Waals surface area contributed by atoms with Crippen LogP contribution in [0.4, 0.5) is 10.7 Å². The number of thioether (sulfide) groups is 1. The fourth-order valence-electron chi connectivity index (χ4n) is 6.37. The number of ether oxygens (including phenoxy) is 3. The van der Waals surface area contributed by atoms with Gasteiger partial charge in [-0.2, -0.15) is 0 Å². The first kappa shape index (κ1) is 39.8. The van der Waals surface area contributed by atoms with Crippen LogP contribution < -0.4 is 25.4 Å². The molecule has 0 saturated carbocycles. The van der Waals surface area contributed by atoms with E-state index in [0.717, 1.165) is 35.3 Å². The highest BCUT2D eigenvalue weighted by Crippen LogP contribution is 2.42. The molecule has 1 aromatic heterocycles. The van der Waals surface area contributed by atoms with Gasteiger partial charge in [-0.15, -0.1) is 23.1 Å². The lowest BCUT2D eigenvalue weighted by Crippen LogP contribution is -2.30. The summed E-state index contributed by atoms with van der Waals surface area (Å²) in [5.74, 6) is -0.283. The van der Waals surface area contributed by atoms with Gasteiger partial charge in [-0.1, -0.05) is 67.6 Å². The van der Waals surface area contributed by atoms with E-state index in [9.17, 15) is 19.2 Å². The Hall–Kier alpha value is -5.85. The standard InChI is InChI=1S/C44H43N3O7S2/c1-5-54-44(51)38-33-21-19-27(2)23-37(33)56-43(38)47-42(50)39(29-13-8-6-9-14-29)55-32-18-12-17-31(26-32)45-41(49)34(46-40(48)30-15-10-7-11-16-30)24-28-20-22-35(52-3)36(25-28)53-4/h6-18,20,22,24-27,39H,5,19,21,23H2,1-4H3,(H,45,49)(H,46,48)(H,47,50)/b34-24+. The molecule has 12 heteroatoms. The fourth-order valence-corrected chi connectivity index (χ4v) is 8.85. The van der Waals surface area contributed by atoms with Crippen molar-refractivity contribution >= 4 is 63.6 Å². The first-order valence-electron chi connectivity index (χ1n) is 18.2. The predicted octanol–water partition coefficient (Wildman–Crippen LogP) is 8.95. The fraction of sp³-hybridized carbons (Fsp3) is 0.227. The molecule has 6 rings (SSSR count). The van der Waals surface area contributed by atoms with Gasteiger partial charge in [0.15, 0.2) is 11.5 Å². The smallest absolute Gasteiger partial charge is 0.341 e. The van der Waals surface area contributed by atoms with Crippen molar-refractivity contribution in [2.45, 2.75) is 43.3 Å². The zero-order chi connectivity index (χ0) is 39.6. The third-order valence-corrected chi connectivity index (χ3v) is 11.6. The lowest BCUT2D eigenvalue weighted by Gasteiger charge is -2.19. The highest BCUT2D eigenvalue weighted by Gasteiger charge is 2.31. The van der Waals surface area contributed by atoms with Gasteiger partial charge in [0, 0.05) is 21.0 Å². The van der Waals surface area contributed by atoms with Crippen molar-refractivity contribution in [2.75, 3.05) is 31.5 Å². The molecule has 56 heavy (non-hydrogen) atoms. The average Bonchev–Trinajstić information content (AvgIpc) is 3.57. The van der Waals surface area contributed by atoms with E-state index in [1.54, 1.807) is 79.7 Å². The molecule has 3 N–H and O–H groups in total. The molecule has 0 bridgehead atoms. The molecule has 288 valence electrons. The average molecular weight is 790 g/mol. The highest BCUT2D eigenvalue weighted by atomic mass is 32.2. The number of thiophene rings is 1. The van der Waals surface area contributed by atoms with Crippen LogP contribution in [0.15, 0.2) is 114 Å². The van der Waals surface area contributed by atoms with Crippen molar-refractivity contribution in [3.8, 4) is 11.5 Å². The van der Waals surface area contributed by atoms with E-state index in [1.807, 2.05) is 36.4 Å². The minimum atomic E-state index is -0.707. The number of fused-ring (bicyclic) bond motifs is 1. The molecule has 0 spiro atoms. The molecular weight excluding hydrogens is 747 g/mol. The SMILES string of the molecule is CCOC(=O)c1c(NC(=O)C(Sc2cccc(NC(=O)/C(=C\c3ccc(OC)c(OC)c3)NC(=O)c3ccccc3)c2)c2ccccc2)sc2c1CCC(C)C2. The summed E-state index contributed by atoms with van der Waals surface area (Å²) in [6.07, 6.45) is 4.12. The van der Waals surface area contributed by atoms with Crippen molar-refractivity contribution in [3.05, 3.63) is 142 Å². The van der Waals surface area contributed by atoms with Crippen LogP contribution in [0.25, 0.3) is 6.08 Å². The van der Waals surface area contributed by atoms with Gasteiger partial charge < -0.3 is 30.2 Å². The Morgan fingerprint density at radius 1 is 0.875 bits per heavy atom. The summed E-state index contributed by atoms with van der Waals surface area (Å²) in [5.41, 5.74) is 3.60. The quantitative estimate of drug-likeness (QED) is 0.0578. The van der Waals surface area contributed by atoms with Gasteiger partial charge in [0.1, 0.15) is 15.9 Å². The number of hydrogen-bond acceptors (Lipinski definition) is 9. The third kappa shape index (κ3) is 9.68. The highest BCUT2D eigenvalue weighted by molar-refractivity contribution is 8.00. The summed E-state index contributed by atoms with van der Waals surface area (Å²) in [6, 6.07) is 30.3. The largest absolute Gasteiger partial charge is 0.493 e. The number of hydrogen-bond donors (Lipinski definition) is 3. The third-order valence-electron chi connectivity index (χ3n) is 9.16. The van der Waals surface area contributed by atoms with Crippen LogP contribution in [-0.2, 0) is 27.2 Å². The molecule has 0 aliphatic heterocycles. The van der Waals surface area contributed by atoms with Crippen LogP contribution in [-0.4, -0.2) is 44.5 Å². The van der Waals surface area contributed by atoms with E-state index in [4.69, 9.17) is 14.2 Å². The lowest BCUT2D eigenvalue weighted by atomic mass is 9.88. The van der Waals surface area contributed by atoms with Gasteiger partial charge in [-0.05, 0) is 97.3 Å². The number of methoxy groups -OCH3 is 2. The Morgan fingerprint density at radius 2 is 1.61 bits per heavy atom. The number of carbonyl (C=O) groups excluding carboxylic acids is 4. The zero-order valence-corrected chi connectivity index (χ0v) is 33.2. The van der Waals surface area contributed by atoms with Crippen molar-refractivity contribution in [3.63, 3.8) is 0 Å². The van der Waals surface area contributed by atoms with Gasteiger partial charge in [-0.3, -0.25) is 14.4 Å². The van der Waals surface area contributed by atoms with E-state index >= 15 is 0 Å². The number of anilines is 2. The minimum absolute atomic E-state index is 0.00360. The van der Waals surface area contributed by atoms with Crippen molar-refractivity contribution in [1.29, 1.82) is 0 Å². The Bertz CT molecular complexity index is 2240. The van der Waals surface area contributed by atoms with Crippen LogP contribution in [0.1, 0.15) is 67.8 Å². The second-order valence-electron chi connectivity index (χ2n) is 13.1. The monoisotopic (exact) mass is 789 g/mol. The molecule has 1 aliphatic carbocycles. The Morgan fingerprint density at radius 3 is 2.32 bits per heavy atom. The van der Waals surface area contributed by atoms with Gasteiger partial charge in [0.25, 0.3) is 11.8 Å². The van der Waals surface area contributed by atoms with Gasteiger partial charge >= 0.3 is 5.97 Å². The first-order chi connectivity index (χ1) is 27.2. The maximum absolute atomic E-state index is 14.2. The van der Waals surface area contributed by atoms with Crippen LogP contribution in [0.3, 0.4) is 0 Å². The van der Waals surface area contributed by atoms with Gasteiger partial charge in [0.05, 0.1) is 26.4 Å². The molecular formula is C44H43N3O7S2. The molecule has 1 aliphatic rings. The number of amides is 3. The van der Waals surface area contributed by atoms with Crippen molar-refractivity contribution < 1.29 is 33.4 Å². The van der Waals surface area contributed by atoms with Crippen LogP contribution in [0.5, 0.6) is 11.5 Å². The topological polar surface area (TPSA) is 132 Å². The van der Waals surface area contributed by atoms with Crippen molar-refractivity contribution in [2.24, 2.45) is 5.92 Å². The molecule has 4 aromatic carbocycles. The second-order valence-corrected chi connectivity index (χ2v) is 15.4. The summed E-state index contributed by atoms with van der Waals surface area (Å²) in [7, 11) is 3.05. The van der Waals surface area contributed by atoms with Crippen LogP contribution >= 0.6 is 23.1 Å². The number of benzene rings is 4. The van der Waals surface area contributed by atoms with Crippen molar-refractivity contribution in [1.82, 2.24) is 5.32 Å². The summed E-state index contributed by atoms with van der Waals surface area (Å²) in [6.45, 7) is 4.20. The summed E-state index contributed by atoms with van der Waals surface area (Å²) in [5, 5.41) is 8.57. The lowest BCUT2D eigenvalue weighted by molar-refractivity contribution is -0.116. The zero-order valence-electron chi connectivity index (χ0n) is 31.5. The number of carbonyl (C=O) groups is 4. The molecule has 10 nitrogen and oxygen atoms in total. The Labute approximate surface area is 334 Å². The summed E-state index contributed by atoms with van der Waals surface area (Å²) >= 11 is 2.76. The molecule has 0 saturated heterocycles. The molecule has 3 amide bonds. The minimum Gasteiger partial charge on any atom is -0.493 e. The normalized spacial score (nSPS) is 14.1. The maximum Gasteiger partial charge on any atom is 0.341 e. The van der Waals surface area contributed by atoms with Gasteiger partial charge in [-0.25, -0.2) is 4.79 Å². The van der Waals surface area contributed by atoms with Gasteiger partial charge in [0.2, 0.25) is 5.91 Å². The maximum atomic E-state index is 14.2. The van der Waals surface area contributed by atoms with E-state index < -0.39 is 23.0 Å². The van der Waals surface area contributed by atoms with E-state index in [2.05, 4.69) is 22.9 Å². The number of nitrogens with one attached hydrogen (secondary N) is 3. The summed E-state index contributed by atoms with van der Waals surface area (Å²) in [4.78, 5) is 56.4. The molecule has 2 unspecified atom stereocenters. The number of esters is 1. The molecule has 0 radical (unpaired) electrons. The van der Waals surface area contributed by atoms with Crippen LogP contribution in [0, 0.1) is 5.92 Å². The second kappa shape index (κ2) is 18.7. The molecule has 5 aromatic rings. The molecule has 0 fully saturated rings. The first-order valence-corrected chi connectivity index (χ1v) is 19.9. The van der Waals surface area contributed by atoms with Crippen LogP contribution in [0.2, 0.25) is 0 Å². The van der Waals surface area contributed by atoms with E-state index in [0.29, 0.717) is 49.7 Å². The Kier molecular flexibility index (Phi) is 13.3. The summed E-state index contributed by atoms with van der Waals surface area (Å²) < 4.78 is 16.2. The predicted molar refractivity (Wildman–Crippen MR) is 222 cm³/mol. The Balaban J connectivity index is 1.26.